The quantitative estimate of drug-likeness (QED) is 0.566. The molecule has 1 heterocycles. The van der Waals surface area contributed by atoms with Crippen LogP contribution in [0.5, 0.6) is 11.5 Å². The standard InChI is InChI=1S/C21H17NO4S/c1-24-21(23)20(16-5-3-2-4-6-16)26-19-11-18(8-7-17(19)12-22)25-13-15-9-10-27-14-15/h2-11,14,20H,13H2,1H3. The molecule has 0 spiro atoms. The van der Waals surface area contributed by atoms with Crippen LogP contribution in [0.25, 0.3) is 0 Å². The highest BCUT2D eigenvalue weighted by Crippen LogP contribution is 2.30. The van der Waals surface area contributed by atoms with Gasteiger partial charge in [-0.05, 0) is 34.5 Å². The van der Waals surface area contributed by atoms with Gasteiger partial charge in [-0.15, -0.1) is 0 Å². The molecule has 0 saturated heterocycles. The largest absolute Gasteiger partial charge is 0.489 e. The summed E-state index contributed by atoms with van der Waals surface area (Å²) in [5, 5.41) is 13.4. The predicted octanol–water partition coefficient (Wildman–Crippen LogP) is 4.49. The molecule has 0 fully saturated rings. The van der Waals surface area contributed by atoms with Gasteiger partial charge in [-0.3, -0.25) is 0 Å². The molecule has 5 nitrogen and oxygen atoms in total. The fourth-order valence-corrected chi connectivity index (χ4v) is 3.09. The number of ether oxygens (including phenoxy) is 3. The van der Waals surface area contributed by atoms with Crippen LogP contribution in [0.4, 0.5) is 0 Å². The summed E-state index contributed by atoms with van der Waals surface area (Å²) in [6.45, 7) is 0.411. The highest BCUT2D eigenvalue weighted by molar-refractivity contribution is 7.07. The van der Waals surface area contributed by atoms with Crippen LogP contribution in [0.1, 0.15) is 22.8 Å². The fraction of sp³-hybridized carbons (Fsp3) is 0.143. The van der Waals surface area contributed by atoms with Crippen molar-refractivity contribution in [1.82, 2.24) is 0 Å². The maximum absolute atomic E-state index is 12.2. The lowest BCUT2D eigenvalue weighted by Gasteiger charge is -2.18. The second-order valence-electron chi connectivity index (χ2n) is 5.62. The molecule has 0 amide bonds. The molecule has 1 atom stereocenters. The first-order valence-corrected chi connectivity index (χ1v) is 9.13. The van der Waals surface area contributed by atoms with Crippen molar-refractivity contribution in [1.29, 1.82) is 5.26 Å². The average molecular weight is 379 g/mol. The van der Waals surface area contributed by atoms with E-state index in [0.717, 1.165) is 5.56 Å². The first kappa shape index (κ1) is 18.5. The third-order valence-corrected chi connectivity index (χ3v) is 4.55. The lowest BCUT2D eigenvalue weighted by Crippen LogP contribution is -2.20. The molecule has 2 aromatic carbocycles. The summed E-state index contributed by atoms with van der Waals surface area (Å²) >= 11 is 1.60. The molecule has 0 radical (unpaired) electrons. The summed E-state index contributed by atoms with van der Waals surface area (Å²) < 4.78 is 16.5. The SMILES string of the molecule is COC(=O)C(Oc1cc(OCc2ccsc2)ccc1C#N)c1ccccc1. The summed E-state index contributed by atoms with van der Waals surface area (Å²) in [6.07, 6.45) is -0.976. The van der Waals surface area contributed by atoms with Crippen molar-refractivity contribution in [2.24, 2.45) is 0 Å². The summed E-state index contributed by atoms with van der Waals surface area (Å²) in [7, 11) is 1.30. The number of hydrogen-bond donors (Lipinski definition) is 0. The van der Waals surface area contributed by atoms with Gasteiger partial charge in [-0.25, -0.2) is 4.79 Å². The van der Waals surface area contributed by atoms with Crippen molar-refractivity contribution >= 4 is 17.3 Å². The van der Waals surface area contributed by atoms with Gasteiger partial charge in [0.05, 0.1) is 12.7 Å². The normalized spacial score (nSPS) is 11.3. The van der Waals surface area contributed by atoms with Crippen LogP contribution in [0.3, 0.4) is 0 Å². The van der Waals surface area contributed by atoms with Crippen LogP contribution in [-0.2, 0) is 16.1 Å². The van der Waals surface area contributed by atoms with E-state index in [4.69, 9.17) is 14.2 Å². The van der Waals surface area contributed by atoms with Crippen LogP contribution in [0.2, 0.25) is 0 Å². The number of thiophene rings is 1. The Morgan fingerprint density at radius 3 is 2.67 bits per heavy atom. The van der Waals surface area contributed by atoms with Gasteiger partial charge in [-0.1, -0.05) is 30.3 Å². The number of carbonyl (C=O) groups excluding carboxylic acids is 1. The van der Waals surface area contributed by atoms with E-state index in [-0.39, 0.29) is 5.75 Å². The van der Waals surface area contributed by atoms with E-state index in [1.165, 1.54) is 7.11 Å². The number of nitriles is 1. The second-order valence-corrected chi connectivity index (χ2v) is 6.40. The molecule has 0 saturated carbocycles. The van der Waals surface area contributed by atoms with E-state index in [1.807, 2.05) is 22.9 Å². The molecule has 1 aromatic heterocycles. The zero-order valence-electron chi connectivity index (χ0n) is 14.6. The zero-order chi connectivity index (χ0) is 19.1. The molecular weight excluding hydrogens is 362 g/mol. The molecule has 136 valence electrons. The predicted molar refractivity (Wildman–Crippen MR) is 102 cm³/mol. The summed E-state index contributed by atoms with van der Waals surface area (Å²) in [5.41, 5.74) is 2.00. The Labute approximate surface area is 161 Å². The van der Waals surface area contributed by atoms with E-state index < -0.39 is 12.1 Å². The molecule has 0 bridgehead atoms. The van der Waals surface area contributed by atoms with E-state index in [1.54, 1.807) is 53.8 Å². The Kier molecular flexibility index (Phi) is 6.08. The summed E-state index contributed by atoms with van der Waals surface area (Å²) in [4.78, 5) is 12.2. The molecule has 0 aliphatic carbocycles. The van der Waals surface area contributed by atoms with Crippen molar-refractivity contribution in [2.45, 2.75) is 12.7 Å². The smallest absolute Gasteiger partial charge is 0.351 e. The third kappa shape index (κ3) is 4.66. The Morgan fingerprint density at radius 1 is 1.19 bits per heavy atom. The number of benzene rings is 2. The third-order valence-electron chi connectivity index (χ3n) is 3.82. The monoisotopic (exact) mass is 379 g/mol. The van der Waals surface area contributed by atoms with E-state index in [2.05, 4.69) is 6.07 Å². The molecule has 3 aromatic rings. The van der Waals surface area contributed by atoms with Gasteiger partial charge >= 0.3 is 5.97 Å². The van der Waals surface area contributed by atoms with Gasteiger partial charge in [0.15, 0.2) is 0 Å². The number of carbonyl (C=O) groups is 1. The minimum Gasteiger partial charge on any atom is -0.489 e. The first-order valence-electron chi connectivity index (χ1n) is 8.18. The van der Waals surface area contributed by atoms with Crippen LogP contribution < -0.4 is 9.47 Å². The second kappa shape index (κ2) is 8.88. The van der Waals surface area contributed by atoms with Crippen LogP contribution in [0.15, 0.2) is 65.4 Å². The molecule has 1 unspecified atom stereocenters. The zero-order valence-corrected chi connectivity index (χ0v) is 15.4. The minimum absolute atomic E-state index is 0.263. The molecule has 27 heavy (non-hydrogen) atoms. The molecule has 6 heteroatoms. The Hall–Kier alpha value is -3.30. The number of hydrogen-bond acceptors (Lipinski definition) is 6. The van der Waals surface area contributed by atoms with Crippen LogP contribution in [0, 0.1) is 11.3 Å². The average Bonchev–Trinajstić information content (AvgIpc) is 3.24. The molecule has 0 N–H and O–H groups in total. The van der Waals surface area contributed by atoms with Crippen molar-refractivity contribution in [2.75, 3.05) is 7.11 Å². The van der Waals surface area contributed by atoms with Crippen molar-refractivity contribution in [3.8, 4) is 17.6 Å². The molecular formula is C21H17NO4S. The van der Waals surface area contributed by atoms with Gasteiger partial charge in [0.25, 0.3) is 0 Å². The van der Waals surface area contributed by atoms with Gasteiger partial charge in [-0.2, -0.15) is 16.6 Å². The molecule has 3 rings (SSSR count). The first-order chi connectivity index (χ1) is 13.2. The topological polar surface area (TPSA) is 68.6 Å². The maximum atomic E-state index is 12.2. The number of rotatable bonds is 7. The maximum Gasteiger partial charge on any atom is 0.351 e. The Morgan fingerprint density at radius 2 is 2.00 bits per heavy atom. The van der Waals surface area contributed by atoms with Gasteiger partial charge in [0.1, 0.15) is 24.2 Å². The van der Waals surface area contributed by atoms with Crippen molar-refractivity contribution < 1.29 is 19.0 Å². The van der Waals surface area contributed by atoms with E-state index in [9.17, 15) is 10.1 Å². The molecule has 0 aliphatic rings. The van der Waals surface area contributed by atoms with Gasteiger partial charge in [0.2, 0.25) is 6.10 Å². The highest BCUT2D eigenvalue weighted by Gasteiger charge is 2.24. The van der Waals surface area contributed by atoms with E-state index in [0.29, 0.717) is 23.5 Å². The fourth-order valence-electron chi connectivity index (χ4n) is 2.44. The number of nitrogens with zero attached hydrogens (tertiary/aromatic N) is 1. The van der Waals surface area contributed by atoms with Crippen LogP contribution in [-0.4, -0.2) is 13.1 Å². The highest BCUT2D eigenvalue weighted by atomic mass is 32.1. The van der Waals surface area contributed by atoms with E-state index >= 15 is 0 Å². The lowest BCUT2D eigenvalue weighted by molar-refractivity contribution is -0.149. The van der Waals surface area contributed by atoms with Gasteiger partial charge < -0.3 is 14.2 Å². The lowest BCUT2D eigenvalue weighted by atomic mass is 10.1. The van der Waals surface area contributed by atoms with Crippen molar-refractivity contribution in [3.05, 3.63) is 82.0 Å². The number of methoxy groups -OCH3 is 1. The minimum atomic E-state index is -0.976. The van der Waals surface area contributed by atoms with Gasteiger partial charge in [0, 0.05) is 11.6 Å². The van der Waals surface area contributed by atoms with Crippen LogP contribution >= 0.6 is 11.3 Å². The van der Waals surface area contributed by atoms with Crippen molar-refractivity contribution in [3.63, 3.8) is 0 Å². The molecule has 0 aliphatic heterocycles. The number of esters is 1. The Bertz CT molecular complexity index is 933. The summed E-state index contributed by atoms with van der Waals surface area (Å²) in [6, 6.07) is 18.0. The Balaban J connectivity index is 1.85. The summed E-state index contributed by atoms with van der Waals surface area (Å²) in [5.74, 6) is 0.265.